The molecule has 2 aromatic rings. The van der Waals surface area contributed by atoms with Crippen molar-refractivity contribution in [3.05, 3.63) is 46.8 Å². The number of aliphatic hydroxyl groups excluding tert-OH is 1. The van der Waals surface area contributed by atoms with Crippen LogP contribution in [-0.2, 0) is 6.61 Å². The molecule has 0 amide bonds. The summed E-state index contributed by atoms with van der Waals surface area (Å²) in [6.07, 6.45) is 0. The monoisotopic (exact) mass is 280 g/mol. The van der Waals surface area contributed by atoms with Gasteiger partial charge in [-0.05, 0) is 12.1 Å². The van der Waals surface area contributed by atoms with Gasteiger partial charge in [-0.2, -0.15) is 0 Å². The fourth-order valence-electron chi connectivity index (χ4n) is 1.54. The summed E-state index contributed by atoms with van der Waals surface area (Å²) in [7, 11) is 0. The van der Waals surface area contributed by atoms with Crippen LogP contribution in [0.1, 0.15) is 43.0 Å². The fourth-order valence-corrected chi connectivity index (χ4v) is 1.54. The Balaban J connectivity index is 2.47. The van der Waals surface area contributed by atoms with Crippen molar-refractivity contribution in [1.82, 2.24) is 0 Å². The highest BCUT2D eigenvalue weighted by molar-refractivity contribution is 6.13. The van der Waals surface area contributed by atoms with E-state index >= 15 is 0 Å². The summed E-state index contributed by atoms with van der Waals surface area (Å²) in [5, 5.41) is 26.5. The van der Waals surface area contributed by atoms with Crippen molar-refractivity contribution in [1.29, 1.82) is 0 Å². The average Bonchev–Trinajstić information content (AvgIpc) is 3.04. The Morgan fingerprint density at radius 1 is 1.00 bits per heavy atom. The van der Waals surface area contributed by atoms with Crippen LogP contribution >= 0.6 is 0 Å². The third-order valence-electron chi connectivity index (χ3n) is 2.42. The van der Waals surface area contributed by atoms with E-state index in [9.17, 15) is 14.4 Å². The number of hydrogen-bond donors (Lipinski definition) is 3. The second-order valence-corrected chi connectivity index (χ2v) is 3.72. The van der Waals surface area contributed by atoms with E-state index in [0.717, 1.165) is 6.07 Å². The van der Waals surface area contributed by atoms with Crippen LogP contribution in [0, 0.1) is 0 Å². The van der Waals surface area contributed by atoms with Gasteiger partial charge in [0.05, 0.1) is 5.56 Å². The molecule has 8 heteroatoms. The minimum atomic E-state index is -1.57. The predicted octanol–water partition coefficient (Wildman–Crippen LogP) is 0.992. The first-order chi connectivity index (χ1) is 9.43. The first kappa shape index (κ1) is 13.6. The van der Waals surface area contributed by atoms with Gasteiger partial charge in [-0.1, -0.05) is 0 Å². The Morgan fingerprint density at radius 3 is 2.20 bits per heavy atom. The van der Waals surface area contributed by atoms with E-state index in [1.807, 2.05) is 0 Å². The Morgan fingerprint density at radius 2 is 1.70 bits per heavy atom. The summed E-state index contributed by atoms with van der Waals surface area (Å²) in [4.78, 5) is 33.7. The molecule has 0 aliphatic heterocycles. The van der Waals surface area contributed by atoms with Crippen molar-refractivity contribution in [3.8, 4) is 0 Å². The zero-order valence-electron chi connectivity index (χ0n) is 9.82. The van der Waals surface area contributed by atoms with E-state index in [-0.39, 0.29) is 11.5 Å². The maximum atomic E-state index is 12.0. The maximum Gasteiger partial charge on any atom is 0.372 e. The molecule has 2 rings (SSSR count). The Labute approximate surface area is 110 Å². The van der Waals surface area contributed by atoms with E-state index < -0.39 is 41.4 Å². The van der Waals surface area contributed by atoms with Crippen molar-refractivity contribution < 1.29 is 38.5 Å². The van der Waals surface area contributed by atoms with Crippen LogP contribution in [-0.4, -0.2) is 33.0 Å². The van der Waals surface area contributed by atoms with Crippen LogP contribution in [0.15, 0.2) is 27.0 Å². The van der Waals surface area contributed by atoms with Crippen LogP contribution < -0.4 is 0 Å². The molecular weight excluding hydrogens is 272 g/mol. The summed E-state index contributed by atoms with van der Waals surface area (Å²) in [5.41, 5.74) is -0.436. The quantitative estimate of drug-likeness (QED) is 0.689. The zero-order valence-corrected chi connectivity index (χ0v) is 9.82. The van der Waals surface area contributed by atoms with Gasteiger partial charge in [0, 0.05) is 6.07 Å². The van der Waals surface area contributed by atoms with Gasteiger partial charge in [0.2, 0.25) is 17.3 Å². The molecule has 2 heterocycles. The number of hydrogen-bond acceptors (Lipinski definition) is 6. The van der Waals surface area contributed by atoms with Crippen molar-refractivity contribution in [3.63, 3.8) is 0 Å². The molecule has 3 N–H and O–H groups in total. The lowest BCUT2D eigenvalue weighted by Crippen LogP contribution is -2.06. The van der Waals surface area contributed by atoms with Gasteiger partial charge < -0.3 is 24.2 Å². The molecule has 2 aromatic heterocycles. The Kier molecular flexibility index (Phi) is 3.40. The van der Waals surface area contributed by atoms with Crippen molar-refractivity contribution in [2.45, 2.75) is 6.61 Å². The number of carboxylic acids is 2. The zero-order chi connectivity index (χ0) is 14.9. The SMILES string of the molecule is O=C(O)c1cc(C(=O)c2ccc(CO)o2)c(C(=O)O)o1. The minimum Gasteiger partial charge on any atom is -0.475 e. The molecule has 0 atom stereocenters. The molecular formula is C12H8O8. The topological polar surface area (TPSA) is 138 Å². The van der Waals surface area contributed by atoms with Crippen molar-refractivity contribution in [2.24, 2.45) is 0 Å². The summed E-state index contributed by atoms with van der Waals surface area (Å²) in [5.74, 6) is -5.48. The van der Waals surface area contributed by atoms with Gasteiger partial charge in [0.15, 0.2) is 5.76 Å². The van der Waals surface area contributed by atoms with E-state index in [4.69, 9.17) is 19.7 Å². The highest BCUT2D eigenvalue weighted by Gasteiger charge is 2.27. The van der Waals surface area contributed by atoms with Crippen LogP contribution in [0.5, 0.6) is 0 Å². The predicted molar refractivity (Wildman–Crippen MR) is 60.7 cm³/mol. The molecule has 0 saturated heterocycles. The number of aromatic carboxylic acids is 2. The molecule has 0 fully saturated rings. The molecule has 0 spiro atoms. The van der Waals surface area contributed by atoms with E-state index in [2.05, 4.69) is 4.42 Å². The molecule has 0 unspecified atom stereocenters. The Bertz CT molecular complexity index is 690. The second-order valence-electron chi connectivity index (χ2n) is 3.72. The normalized spacial score (nSPS) is 10.4. The molecule has 0 saturated carbocycles. The average molecular weight is 280 g/mol. The van der Waals surface area contributed by atoms with E-state index in [1.54, 1.807) is 0 Å². The van der Waals surface area contributed by atoms with Crippen LogP contribution in [0.25, 0.3) is 0 Å². The highest BCUT2D eigenvalue weighted by atomic mass is 16.4. The number of rotatable bonds is 5. The number of ketones is 1. The standard InChI is InChI=1S/C12H8O8/c13-4-5-1-2-7(19-5)9(14)6-3-8(11(15)16)20-10(6)12(17)18/h1-3,13H,4H2,(H,15,16)(H,17,18). The van der Waals surface area contributed by atoms with Crippen molar-refractivity contribution in [2.75, 3.05) is 0 Å². The molecule has 104 valence electrons. The van der Waals surface area contributed by atoms with Crippen LogP contribution in [0.3, 0.4) is 0 Å². The third-order valence-corrected chi connectivity index (χ3v) is 2.42. The Hall–Kier alpha value is -2.87. The number of aliphatic hydroxyl groups is 1. The van der Waals surface area contributed by atoms with Crippen LogP contribution in [0.2, 0.25) is 0 Å². The highest BCUT2D eigenvalue weighted by Crippen LogP contribution is 2.21. The number of carboxylic acid groups (broad SMARTS) is 2. The maximum absolute atomic E-state index is 12.0. The summed E-state index contributed by atoms with van der Waals surface area (Å²) in [6, 6.07) is 3.40. The lowest BCUT2D eigenvalue weighted by molar-refractivity contribution is 0.0628. The van der Waals surface area contributed by atoms with Gasteiger partial charge in [-0.25, -0.2) is 9.59 Å². The van der Waals surface area contributed by atoms with Gasteiger partial charge in [-0.15, -0.1) is 0 Å². The summed E-state index contributed by atoms with van der Waals surface area (Å²) >= 11 is 0. The molecule has 8 nitrogen and oxygen atoms in total. The second kappa shape index (κ2) is 5.02. The summed E-state index contributed by atoms with van der Waals surface area (Å²) < 4.78 is 9.57. The van der Waals surface area contributed by atoms with Crippen molar-refractivity contribution >= 4 is 17.7 Å². The molecule has 20 heavy (non-hydrogen) atoms. The number of carbonyl (C=O) groups is 3. The smallest absolute Gasteiger partial charge is 0.372 e. The molecule has 0 bridgehead atoms. The fraction of sp³-hybridized carbons (Fsp3) is 0.0833. The molecule has 0 aliphatic carbocycles. The van der Waals surface area contributed by atoms with Crippen LogP contribution in [0.4, 0.5) is 0 Å². The molecule has 0 radical (unpaired) electrons. The van der Waals surface area contributed by atoms with Gasteiger partial charge in [0.25, 0.3) is 0 Å². The van der Waals surface area contributed by atoms with E-state index in [0.29, 0.717) is 0 Å². The van der Waals surface area contributed by atoms with Gasteiger partial charge in [-0.3, -0.25) is 4.79 Å². The lowest BCUT2D eigenvalue weighted by atomic mass is 10.1. The first-order valence-electron chi connectivity index (χ1n) is 5.28. The number of furan rings is 2. The largest absolute Gasteiger partial charge is 0.475 e. The first-order valence-corrected chi connectivity index (χ1v) is 5.28. The molecule has 0 aliphatic rings. The lowest BCUT2D eigenvalue weighted by Gasteiger charge is -1.95. The van der Waals surface area contributed by atoms with Gasteiger partial charge >= 0.3 is 11.9 Å². The van der Waals surface area contributed by atoms with E-state index in [1.165, 1.54) is 12.1 Å². The summed E-state index contributed by atoms with van der Waals surface area (Å²) in [6.45, 7) is -0.426. The minimum absolute atomic E-state index is 0.118. The molecule has 0 aromatic carbocycles. The van der Waals surface area contributed by atoms with Gasteiger partial charge in [0.1, 0.15) is 12.4 Å². The number of carbonyl (C=O) groups excluding carboxylic acids is 1. The third kappa shape index (κ3) is 2.31.